The standard InChI is InChI=1S/C15H22N2O4S/c1-5-21-13(19)10(18)11-12(15(2,3)4)16-14(22-11)17-6-8-20-9-7-17/h5-9H2,1-4H3. The molecule has 22 heavy (non-hydrogen) atoms. The molecule has 0 amide bonds. The topological polar surface area (TPSA) is 68.7 Å². The lowest BCUT2D eigenvalue weighted by Gasteiger charge is -2.26. The first kappa shape index (κ1) is 16.9. The van der Waals surface area contributed by atoms with Gasteiger partial charge in [-0.05, 0) is 6.92 Å². The molecular formula is C15H22N2O4S. The Labute approximate surface area is 134 Å². The molecule has 0 unspecified atom stereocenters. The minimum absolute atomic E-state index is 0.185. The minimum atomic E-state index is -0.815. The van der Waals surface area contributed by atoms with E-state index in [4.69, 9.17) is 9.47 Å². The Morgan fingerprint density at radius 1 is 1.32 bits per heavy atom. The Balaban J connectivity index is 2.36. The SMILES string of the molecule is CCOC(=O)C(=O)c1sc(N2CCOCC2)nc1C(C)(C)C. The van der Waals surface area contributed by atoms with E-state index in [9.17, 15) is 9.59 Å². The van der Waals surface area contributed by atoms with E-state index in [2.05, 4.69) is 9.88 Å². The summed E-state index contributed by atoms with van der Waals surface area (Å²) in [6.07, 6.45) is 0. The molecule has 0 atom stereocenters. The molecule has 0 saturated carbocycles. The molecule has 1 aliphatic rings. The van der Waals surface area contributed by atoms with Crippen LogP contribution in [0.5, 0.6) is 0 Å². The van der Waals surface area contributed by atoms with Crippen molar-refractivity contribution < 1.29 is 19.1 Å². The van der Waals surface area contributed by atoms with Crippen molar-refractivity contribution in [1.82, 2.24) is 4.98 Å². The van der Waals surface area contributed by atoms with Gasteiger partial charge in [-0.15, -0.1) is 0 Å². The average molecular weight is 326 g/mol. The fourth-order valence-corrected chi connectivity index (χ4v) is 3.41. The summed E-state index contributed by atoms with van der Waals surface area (Å²) in [4.78, 5) is 31.2. The van der Waals surface area contributed by atoms with Crippen LogP contribution in [0.25, 0.3) is 0 Å². The molecule has 2 rings (SSSR count). The molecule has 0 N–H and O–H groups in total. The van der Waals surface area contributed by atoms with Crippen molar-refractivity contribution >= 4 is 28.2 Å². The van der Waals surface area contributed by atoms with Crippen LogP contribution in [0.2, 0.25) is 0 Å². The minimum Gasteiger partial charge on any atom is -0.460 e. The van der Waals surface area contributed by atoms with Crippen LogP contribution in [0.3, 0.4) is 0 Å². The summed E-state index contributed by atoms with van der Waals surface area (Å²) in [5, 5.41) is 0.765. The van der Waals surface area contributed by atoms with E-state index < -0.39 is 11.8 Å². The van der Waals surface area contributed by atoms with Crippen molar-refractivity contribution in [3.8, 4) is 0 Å². The van der Waals surface area contributed by atoms with Crippen LogP contribution in [-0.4, -0.2) is 49.6 Å². The van der Waals surface area contributed by atoms with E-state index in [1.54, 1.807) is 6.92 Å². The average Bonchev–Trinajstić information content (AvgIpc) is 2.93. The van der Waals surface area contributed by atoms with Gasteiger partial charge in [0.1, 0.15) is 4.88 Å². The lowest BCUT2D eigenvalue weighted by molar-refractivity contribution is -0.137. The van der Waals surface area contributed by atoms with Crippen molar-refractivity contribution in [3.63, 3.8) is 0 Å². The predicted molar refractivity (Wildman–Crippen MR) is 84.8 cm³/mol. The van der Waals surface area contributed by atoms with Gasteiger partial charge in [0.05, 0.1) is 25.5 Å². The second-order valence-corrected chi connectivity index (χ2v) is 7.05. The van der Waals surface area contributed by atoms with E-state index in [-0.39, 0.29) is 12.0 Å². The van der Waals surface area contributed by atoms with Crippen LogP contribution in [0, 0.1) is 0 Å². The normalized spacial score (nSPS) is 15.7. The van der Waals surface area contributed by atoms with Crippen LogP contribution >= 0.6 is 11.3 Å². The van der Waals surface area contributed by atoms with Crippen LogP contribution < -0.4 is 4.90 Å². The number of hydrogen-bond acceptors (Lipinski definition) is 7. The molecule has 1 aliphatic heterocycles. The third-order valence-electron chi connectivity index (χ3n) is 3.27. The van der Waals surface area contributed by atoms with Crippen LogP contribution in [0.4, 0.5) is 5.13 Å². The second kappa shape index (κ2) is 6.75. The van der Waals surface area contributed by atoms with E-state index in [1.807, 2.05) is 20.8 Å². The van der Waals surface area contributed by atoms with Crippen molar-refractivity contribution in [1.29, 1.82) is 0 Å². The second-order valence-electron chi connectivity index (χ2n) is 6.07. The summed E-state index contributed by atoms with van der Waals surface area (Å²) in [5.74, 6) is -1.42. The zero-order chi connectivity index (χ0) is 16.3. The molecule has 1 aromatic heterocycles. The van der Waals surface area contributed by atoms with Gasteiger partial charge in [0, 0.05) is 18.5 Å². The van der Waals surface area contributed by atoms with Gasteiger partial charge in [-0.25, -0.2) is 9.78 Å². The van der Waals surface area contributed by atoms with Crippen LogP contribution in [0.15, 0.2) is 0 Å². The lowest BCUT2D eigenvalue weighted by Crippen LogP contribution is -2.36. The van der Waals surface area contributed by atoms with E-state index in [0.29, 0.717) is 23.8 Å². The molecule has 0 aliphatic carbocycles. The third-order valence-corrected chi connectivity index (χ3v) is 4.39. The highest BCUT2D eigenvalue weighted by Crippen LogP contribution is 2.34. The highest BCUT2D eigenvalue weighted by Gasteiger charge is 2.32. The quantitative estimate of drug-likeness (QED) is 0.479. The number of rotatable bonds is 4. The Bertz CT molecular complexity index is 556. The van der Waals surface area contributed by atoms with Gasteiger partial charge in [-0.3, -0.25) is 4.79 Å². The highest BCUT2D eigenvalue weighted by atomic mass is 32.1. The van der Waals surface area contributed by atoms with Gasteiger partial charge >= 0.3 is 5.97 Å². The molecule has 2 heterocycles. The zero-order valence-electron chi connectivity index (χ0n) is 13.5. The first-order chi connectivity index (χ1) is 10.3. The summed E-state index contributed by atoms with van der Waals surface area (Å²) >= 11 is 1.26. The maximum absolute atomic E-state index is 12.4. The Morgan fingerprint density at radius 3 is 2.50 bits per heavy atom. The lowest BCUT2D eigenvalue weighted by atomic mass is 9.90. The monoisotopic (exact) mass is 326 g/mol. The van der Waals surface area contributed by atoms with Crippen molar-refractivity contribution in [3.05, 3.63) is 10.6 Å². The van der Waals surface area contributed by atoms with Gasteiger partial charge < -0.3 is 14.4 Å². The number of aromatic nitrogens is 1. The number of thiazole rings is 1. The molecule has 122 valence electrons. The number of carbonyl (C=O) groups excluding carboxylic acids is 2. The smallest absolute Gasteiger partial charge is 0.380 e. The number of carbonyl (C=O) groups is 2. The fraction of sp³-hybridized carbons (Fsp3) is 0.667. The van der Waals surface area contributed by atoms with Gasteiger partial charge in [-0.1, -0.05) is 32.1 Å². The third kappa shape index (κ3) is 3.64. The Kier molecular flexibility index (Phi) is 5.18. The van der Waals surface area contributed by atoms with Crippen molar-refractivity contribution in [2.75, 3.05) is 37.8 Å². The van der Waals surface area contributed by atoms with Gasteiger partial charge in [0.25, 0.3) is 5.78 Å². The number of anilines is 1. The van der Waals surface area contributed by atoms with E-state index in [1.165, 1.54) is 11.3 Å². The molecule has 7 heteroatoms. The van der Waals surface area contributed by atoms with Gasteiger partial charge in [0.2, 0.25) is 0 Å². The molecule has 1 fully saturated rings. The summed E-state index contributed by atoms with van der Waals surface area (Å²) in [6.45, 7) is 10.6. The van der Waals surface area contributed by atoms with Crippen LogP contribution in [0.1, 0.15) is 43.1 Å². The molecule has 1 aromatic rings. The first-order valence-corrected chi connectivity index (χ1v) is 8.21. The first-order valence-electron chi connectivity index (χ1n) is 7.40. The van der Waals surface area contributed by atoms with E-state index >= 15 is 0 Å². The summed E-state index contributed by atoms with van der Waals surface area (Å²) in [6, 6.07) is 0. The summed E-state index contributed by atoms with van der Waals surface area (Å²) in [5.41, 5.74) is 0.329. The number of ketones is 1. The molecule has 0 radical (unpaired) electrons. The summed E-state index contributed by atoms with van der Waals surface area (Å²) < 4.78 is 10.2. The molecule has 0 bridgehead atoms. The van der Waals surface area contributed by atoms with Crippen LogP contribution in [-0.2, 0) is 19.7 Å². The number of hydrogen-bond donors (Lipinski definition) is 0. The molecule has 0 aromatic carbocycles. The number of nitrogens with zero attached hydrogens (tertiary/aromatic N) is 2. The number of Topliss-reactive ketones (excluding diaryl/α,β-unsaturated/α-hetero) is 1. The van der Waals surface area contributed by atoms with Gasteiger partial charge in [0.15, 0.2) is 5.13 Å². The maximum Gasteiger partial charge on any atom is 0.380 e. The highest BCUT2D eigenvalue weighted by molar-refractivity contribution is 7.18. The van der Waals surface area contributed by atoms with E-state index in [0.717, 1.165) is 18.2 Å². The largest absolute Gasteiger partial charge is 0.460 e. The zero-order valence-corrected chi connectivity index (χ0v) is 14.3. The van der Waals surface area contributed by atoms with Crippen molar-refractivity contribution in [2.24, 2.45) is 0 Å². The number of morpholine rings is 1. The number of esters is 1. The molecule has 0 spiro atoms. The fourth-order valence-electron chi connectivity index (χ4n) is 2.15. The molecule has 6 nitrogen and oxygen atoms in total. The summed E-state index contributed by atoms with van der Waals surface area (Å²) in [7, 11) is 0. The van der Waals surface area contributed by atoms with Crippen molar-refractivity contribution in [2.45, 2.75) is 33.1 Å². The maximum atomic E-state index is 12.4. The molecular weight excluding hydrogens is 304 g/mol. The Hall–Kier alpha value is -1.47. The Morgan fingerprint density at radius 2 is 1.95 bits per heavy atom. The molecule has 1 saturated heterocycles. The van der Waals surface area contributed by atoms with Gasteiger partial charge in [-0.2, -0.15) is 0 Å². The number of ether oxygens (including phenoxy) is 2. The predicted octanol–water partition coefficient (Wildman–Crippen LogP) is 2.02.